The summed E-state index contributed by atoms with van der Waals surface area (Å²) in [6.45, 7) is 8.39. The molecule has 0 unspecified atom stereocenters. The van der Waals surface area contributed by atoms with Crippen molar-refractivity contribution < 1.29 is 4.79 Å². The molecule has 0 spiro atoms. The number of amides is 1. The summed E-state index contributed by atoms with van der Waals surface area (Å²) in [4.78, 5) is 10.7. The monoisotopic (exact) mass is 229 g/mol. The maximum atomic E-state index is 10.7. The first-order valence-electron chi connectivity index (χ1n) is 5.82. The van der Waals surface area contributed by atoms with Crippen LogP contribution in [0.1, 0.15) is 35.6 Å². The van der Waals surface area contributed by atoms with Gasteiger partial charge in [-0.15, -0.1) is 0 Å². The first kappa shape index (κ1) is 13.3. The van der Waals surface area contributed by atoms with Crippen LogP contribution in [0.25, 0.3) is 0 Å². The van der Waals surface area contributed by atoms with E-state index in [4.69, 9.17) is 0 Å². The molecule has 1 aromatic carbocycles. The molecule has 1 rings (SSSR count). The minimum Gasteiger partial charge on any atom is -0.355 e. The first-order chi connectivity index (χ1) is 8.00. The quantitative estimate of drug-likeness (QED) is 0.612. The van der Waals surface area contributed by atoms with Crippen LogP contribution in [0.5, 0.6) is 0 Å². The number of aryl methyl sites for hydroxylation is 3. The molecule has 0 aromatic heterocycles. The topological polar surface area (TPSA) is 29.1 Å². The van der Waals surface area contributed by atoms with Gasteiger partial charge in [0.1, 0.15) is 0 Å². The molecular formula is C15H19NO. The second-order valence-electron chi connectivity index (χ2n) is 4.31. The van der Waals surface area contributed by atoms with Crippen molar-refractivity contribution in [1.82, 2.24) is 5.32 Å². The Hall–Kier alpha value is -1.75. The molecule has 1 aromatic rings. The van der Waals surface area contributed by atoms with E-state index in [-0.39, 0.29) is 5.91 Å². The van der Waals surface area contributed by atoms with Crippen LogP contribution in [-0.4, -0.2) is 12.5 Å². The summed E-state index contributed by atoms with van der Waals surface area (Å²) >= 11 is 0. The molecule has 0 saturated heterocycles. The molecule has 0 aliphatic heterocycles. The third kappa shape index (κ3) is 4.32. The van der Waals surface area contributed by atoms with Crippen LogP contribution in [-0.2, 0) is 4.79 Å². The van der Waals surface area contributed by atoms with Gasteiger partial charge in [0.15, 0.2) is 0 Å². The van der Waals surface area contributed by atoms with Crippen molar-refractivity contribution in [3.8, 4) is 11.8 Å². The van der Waals surface area contributed by atoms with Gasteiger partial charge in [-0.1, -0.05) is 29.5 Å². The van der Waals surface area contributed by atoms with Gasteiger partial charge in [0, 0.05) is 25.5 Å². The van der Waals surface area contributed by atoms with E-state index in [0.717, 1.165) is 5.56 Å². The van der Waals surface area contributed by atoms with Crippen LogP contribution in [0, 0.1) is 32.6 Å². The lowest BCUT2D eigenvalue weighted by molar-refractivity contribution is -0.118. The van der Waals surface area contributed by atoms with Gasteiger partial charge in [-0.2, -0.15) is 0 Å². The Kier molecular flexibility index (Phi) is 4.78. The molecular weight excluding hydrogens is 210 g/mol. The van der Waals surface area contributed by atoms with Crippen molar-refractivity contribution in [2.24, 2.45) is 0 Å². The van der Waals surface area contributed by atoms with E-state index in [9.17, 15) is 4.79 Å². The van der Waals surface area contributed by atoms with E-state index >= 15 is 0 Å². The van der Waals surface area contributed by atoms with E-state index in [1.54, 1.807) is 0 Å². The average Bonchev–Trinajstić information content (AvgIpc) is 2.20. The van der Waals surface area contributed by atoms with Gasteiger partial charge < -0.3 is 5.32 Å². The van der Waals surface area contributed by atoms with E-state index < -0.39 is 0 Å². The fraction of sp³-hybridized carbons (Fsp3) is 0.400. The minimum absolute atomic E-state index is 0.00510. The zero-order valence-corrected chi connectivity index (χ0v) is 11.0. The number of hydrogen-bond acceptors (Lipinski definition) is 1. The molecule has 0 saturated carbocycles. The number of nitrogens with one attached hydrogen (secondary N) is 1. The Labute approximate surface area is 103 Å². The van der Waals surface area contributed by atoms with Gasteiger partial charge in [-0.25, -0.2) is 0 Å². The van der Waals surface area contributed by atoms with Gasteiger partial charge in [-0.05, 0) is 31.9 Å². The van der Waals surface area contributed by atoms with Crippen LogP contribution in [0.2, 0.25) is 0 Å². The van der Waals surface area contributed by atoms with E-state index in [2.05, 4.69) is 50.1 Å². The van der Waals surface area contributed by atoms with Crippen molar-refractivity contribution in [1.29, 1.82) is 0 Å². The highest BCUT2D eigenvalue weighted by Crippen LogP contribution is 2.14. The van der Waals surface area contributed by atoms with Gasteiger partial charge in [0.05, 0.1) is 0 Å². The van der Waals surface area contributed by atoms with E-state index in [1.807, 2.05) is 0 Å². The van der Waals surface area contributed by atoms with E-state index in [1.165, 1.54) is 23.6 Å². The van der Waals surface area contributed by atoms with Crippen LogP contribution in [0.3, 0.4) is 0 Å². The van der Waals surface area contributed by atoms with Gasteiger partial charge >= 0.3 is 0 Å². The number of carbonyl (C=O) groups is 1. The lowest BCUT2D eigenvalue weighted by atomic mass is 10.0. The third-order valence-electron chi connectivity index (χ3n) is 2.51. The maximum Gasteiger partial charge on any atom is 0.216 e. The van der Waals surface area contributed by atoms with Crippen LogP contribution in [0.15, 0.2) is 12.1 Å². The Morgan fingerprint density at radius 1 is 1.24 bits per heavy atom. The largest absolute Gasteiger partial charge is 0.355 e. The fourth-order valence-electron chi connectivity index (χ4n) is 1.83. The Morgan fingerprint density at radius 3 is 2.35 bits per heavy atom. The second kappa shape index (κ2) is 6.10. The molecule has 17 heavy (non-hydrogen) atoms. The van der Waals surface area contributed by atoms with Crippen molar-refractivity contribution in [2.45, 2.75) is 34.1 Å². The lowest BCUT2D eigenvalue weighted by Gasteiger charge is -2.04. The molecule has 0 aliphatic rings. The Bertz CT molecular complexity index is 454. The maximum absolute atomic E-state index is 10.7. The molecule has 0 fully saturated rings. The predicted octanol–water partition coefficient (Wildman–Crippen LogP) is 2.49. The van der Waals surface area contributed by atoms with Crippen molar-refractivity contribution in [2.75, 3.05) is 6.54 Å². The molecule has 2 heteroatoms. The summed E-state index contributed by atoms with van der Waals surface area (Å²) in [5.41, 5.74) is 4.81. The smallest absolute Gasteiger partial charge is 0.216 e. The molecule has 1 N–H and O–H groups in total. The molecule has 0 radical (unpaired) electrons. The molecule has 0 atom stereocenters. The Balaban J connectivity index is 2.69. The average molecular weight is 229 g/mol. The lowest BCUT2D eigenvalue weighted by Crippen LogP contribution is -2.20. The zero-order valence-electron chi connectivity index (χ0n) is 11.0. The van der Waals surface area contributed by atoms with Gasteiger partial charge in [0.2, 0.25) is 5.91 Å². The van der Waals surface area contributed by atoms with E-state index in [0.29, 0.717) is 13.0 Å². The summed E-state index contributed by atoms with van der Waals surface area (Å²) in [6, 6.07) is 4.29. The molecule has 0 aliphatic carbocycles. The minimum atomic E-state index is -0.00510. The third-order valence-corrected chi connectivity index (χ3v) is 2.51. The molecule has 2 nitrogen and oxygen atoms in total. The number of carbonyl (C=O) groups excluding carboxylic acids is 1. The summed E-state index contributed by atoms with van der Waals surface area (Å²) in [7, 11) is 0. The SMILES string of the molecule is CC(=O)NCCC#Cc1c(C)cc(C)cc1C. The van der Waals surface area contributed by atoms with Gasteiger partial charge in [-0.3, -0.25) is 4.79 Å². The standard InChI is InChI=1S/C15H19NO/c1-11-9-12(2)15(13(3)10-11)7-5-6-8-16-14(4)17/h9-10H,6,8H2,1-4H3,(H,16,17). The molecule has 1 amide bonds. The van der Waals surface area contributed by atoms with Crippen molar-refractivity contribution in [3.05, 3.63) is 34.4 Å². The molecule has 90 valence electrons. The summed E-state index contributed by atoms with van der Waals surface area (Å²) in [5.74, 6) is 6.27. The van der Waals surface area contributed by atoms with Crippen molar-refractivity contribution in [3.63, 3.8) is 0 Å². The fourth-order valence-corrected chi connectivity index (χ4v) is 1.83. The highest BCUT2D eigenvalue weighted by Gasteiger charge is 1.99. The van der Waals surface area contributed by atoms with Crippen LogP contribution >= 0.6 is 0 Å². The number of rotatable bonds is 2. The van der Waals surface area contributed by atoms with Crippen LogP contribution in [0.4, 0.5) is 0 Å². The highest BCUT2D eigenvalue weighted by molar-refractivity contribution is 5.72. The second-order valence-corrected chi connectivity index (χ2v) is 4.31. The van der Waals surface area contributed by atoms with Gasteiger partial charge in [0.25, 0.3) is 0 Å². The summed E-state index contributed by atoms with van der Waals surface area (Å²) in [6.07, 6.45) is 0.687. The molecule has 0 heterocycles. The predicted molar refractivity (Wildman–Crippen MR) is 70.8 cm³/mol. The first-order valence-corrected chi connectivity index (χ1v) is 5.82. The summed E-state index contributed by atoms with van der Waals surface area (Å²) < 4.78 is 0. The normalized spacial score (nSPS) is 9.41. The highest BCUT2D eigenvalue weighted by atomic mass is 16.1. The zero-order chi connectivity index (χ0) is 12.8. The number of benzene rings is 1. The summed E-state index contributed by atoms with van der Waals surface area (Å²) in [5, 5.41) is 2.73. The number of hydrogen-bond donors (Lipinski definition) is 1. The van der Waals surface area contributed by atoms with Crippen LogP contribution < -0.4 is 5.32 Å². The molecule has 0 bridgehead atoms. The van der Waals surface area contributed by atoms with Crippen molar-refractivity contribution >= 4 is 5.91 Å². The Morgan fingerprint density at radius 2 is 1.82 bits per heavy atom.